The van der Waals surface area contributed by atoms with E-state index in [-0.39, 0.29) is 0 Å². The van der Waals surface area contributed by atoms with Gasteiger partial charge in [-0.3, -0.25) is 0 Å². The quantitative estimate of drug-likeness (QED) is 0.343. The minimum absolute atomic E-state index is 0.485. The zero-order valence-corrected chi connectivity index (χ0v) is 6.63. The molecule has 0 aliphatic carbocycles. The maximum Gasteiger partial charge on any atom is 0.348 e. The lowest BCUT2D eigenvalue weighted by Crippen LogP contribution is -2.22. The molecule has 0 aliphatic rings. The van der Waals surface area contributed by atoms with Crippen molar-refractivity contribution >= 4 is 5.97 Å². The number of carbonyl (C=O) groups is 1. The Labute approximate surface area is 66.1 Å². The van der Waals surface area contributed by atoms with Gasteiger partial charge in [0.1, 0.15) is 0 Å². The van der Waals surface area contributed by atoms with Gasteiger partial charge in [0.2, 0.25) is 0 Å². The molecule has 0 spiro atoms. The minimum atomic E-state index is -0.485. The maximum atomic E-state index is 10.4. The van der Waals surface area contributed by atoms with Crippen LogP contribution in [-0.2, 0) is 14.4 Å². The van der Waals surface area contributed by atoms with E-state index in [0.29, 0.717) is 19.8 Å². The summed E-state index contributed by atoms with van der Waals surface area (Å²) in [6.07, 6.45) is 1.09. The Morgan fingerprint density at radius 1 is 1.73 bits per heavy atom. The molecule has 0 aromatic carbocycles. The lowest BCUT2D eigenvalue weighted by Gasteiger charge is -2.02. The predicted molar refractivity (Wildman–Crippen MR) is 40.8 cm³/mol. The fourth-order valence-corrected chi connectivity index (χ4v) is 0.422. The first-order chi connectivity index (χ1) is 5.31. The van der Waals surface area contributed by atoms with Crippen LogP contribution in [0.4, 0.5) is 0 Å². The van der Waals surface area contributed by atoms with E-state index in [4.69, 9.17) is 4.74 Å². The van der Waals surface area contributed by atoms with Crippen LogP contribution in [0.1, 0.15) is 6.92 Å². The van der Waals surface area contributed by atoms with Crippen molar-refractivity contribution in [3.05, 3.63) is 12.7 Å². The number of rotatable bonds is 6. The molecule has 1 N–H and O–H groups in total. The van der Waals surface area contributed by atoms with Gasteiger partial charge in [0.25, 0.3) is 0 Å². The molecule has 0 atom stereocenters. The topological polar surface area (TPSA) is 47.6 Å². The van der Waals surface area contributed by atoms with Crippen LogP contribution in [-0.4, -0.2) is 25.7 Å². The highest BCUT2D eigenvalue weighted by atomic mass is 16.7. The van der Waals surface area contributed by atoms with Crippen molar-refractivity contribution in [3.63, 3.8) is 0 Å². The lowest BCUT2D eigenvalue weighted by atomic mass is 10.7. The third-order valence-electron chi connectivity index (χ3n) is 0.892. The van der Waals surface area contributed by atoms with Gasteiger partial charge in [-0.1, -0.05) is 6.58 Å². The summed E-state index contributed by atoms with van der Waals surface area (Å²) in [5.74, 6) is -0.485. The molecule has 0 rings (SSSR count). The van der Waals surface area contributed by atoms with Crippen LogP contribution in [0.15, 0.2) is 12.7 Å². The molecule has 0 aliphatic heterocycles. The summed E-state index contributed by atoms with van der Waals surface area (Å²) < 4.78 is 4.97. The smallest absolute Gasteiger partial charge is 0.348 e. The molecule has 0 amide bonds. The largest absolute Gasteiger partial charge is 0.380 e. The van der Waals surface area contributed by atoms with Crippen LogP contribution < -0.4 is 5.48 Å². The number of hydrogen-bond acceptors (Lipinski definition) is 4. The summed E-state index contributed by atoms with van der Waals surface area (Å²) in [5.41, 5.74) is 2.43. The summed E-state index contributed by atoms with van der Waals surface area (Å²) in [6, 6.07) is 0. The SMILES string of the molecule is C=CC(=O)ONCCOCC. The molecule has 4 nitrogen and oxygen atoms in total. The first-order valence-corrected chi connectivity index (χ1v) is 3.45. The summed E-state index contributed by atoms with van der Waals surface area (Å²) in [5, 5.41) is 0. The van der Waals surface area contributed by atoms with Crippen LogP contribution in [0.3, 0.4) is 0 Å². The number of hydroxylamine groups is 1. The van der Waals surface area contributed by atoms with E-state index in [1.807, 2.05) is 6.92 Å². The van der Waals surface area contributed by atoms with Gasteiger partial charge in [-0.2, -0.15) is 5.48 Å². The Bertz CT molecular complexity index is 125. The molecule has 0 bridgehead atoms. The van der Waals surface area contributed by atoms with E-state index in [9.17, 15) is 4.79 Å². The van der Waals surface area contributed by atoms with Crippen molar-refractivity contribution < 1.29 is 14.4 Å². The van der Waals surface area contributed by atoms with Crippen LogP contribution in [0.5, 0.6) is 0 Å². The number of hydrogen-bond donors (Lipinski definition) is 1. The molecular weight excluding hydrogens is 146 g/mol. The minimum Gasteiger partial charge on any atom is -0.380 e. The normalized spacial score (nSPS) is 9.18. The first kappa shape index (κ1) is 10.1. The Balaban J connectivity index is 3.01. The van der Waals surface area contributed by atoms with Gasteiger partial charge in [-0.05, 0) is 6.92 Å². The van der Waals surface area contributed by atoms with E-state index in [2.05, 4.69) is 16.9 Å². The number of carbonyl (C=O) groups excluding carboxylic acids is 1. The van der Waals surface area contributed by atoms with Gasteiger partial charge in [0, 0.05) is 12.7 Å². The van der Waals surface area contributed by atoms with Crippen LogP contribution in [0.2, 0.25) is 0 Å². The van der Waals surface area contributed by atoms with Crippen molar-refractivity contribution in [2.75, 3.05) is 19.8 Å². The predicted octanol–water partition coefficient (Wildman–Crippen LogP) is 0.257. The van der Waals surface area contributed by atoms with Crippen molar-refractivity contribution in [2.45, 2.75) is 6.92 Å². The van der Waals surface area contributed by atoms with Crippen molar-refractivity contribution in [1.29, 1.82) is 0 Å². The Morgan fingerprint density at radius 3 is 3.00 bits per heavy atom. The molecule has 11 heavy (non-hydrogen) atoms. The molecular formula is C7H13NO3. The van der Waals surface area contributed by atoms with Crippen molar-refractivity contribution in [1.82, 2.24) is 5.48 Å². The molecule has 4 heteroatoms. The average molecular weight is 159 g/mol. The summed E-state index contributed by atoms with van der Waals surface area (Å²) in [7, 11) is 0. The summed E-state index contributed by atoms with van der Waals surface area (Å²) in [4.78, 5) is 14.9. The van der Waals surface area contributed by atoms with E-state index >= 15 is 0 Å². The average Bonchev–Trinajstić information content (AvgIpc) is 2.04. The highest BCUT2D eigenvalue weighted by Gasteiger charge is 1.92. The third-order valence-corrected chi connectivity index (χ3v) is 0.892. The van der Waals surface area contributed by atoms with Gasteiger partial charge >= 0.3 is 5.97 Å². The first-order valence-electron chi connectivity index (χ1n) is 3.45. The summed E-state index contributed by atoms with van der Waals surface area (Å²) in [6.45, 7) is 6.81. The summed E-state index contributed by atoms with van der Waals surface area (Å²) >= 11 is 0. The Morgan fingerprint density at radius 2 is 2.45 bits per heavy atom. The van der Waals surface area contributed by atoms with Crippen molar-refractivity contribution in [3.8, 4) is 0 Å². The molecule has 64 valence electrons. The monoisotopic (exact) mass is 159 g/mol. The Kier molecular flexibility index (Phi) is 6.67. The second-order valence-corrected chi connectivity index (χ2v) is 1.72. The van der Waals surface area contributed by atoms with Gasteiger partial charge in [-0.25, -0.2) is 4.79 Å². The second-order valence-electron chi connectivity index (χ2n) is 1.72. The molecule has 0 radical (unpaired) electrons. The van der Waals surface area contributed by atoms with Crippen molar-refractivity contribution in [2.24, 2.45) is 0 Å². The second kappa shape index (κ2) is 7.24. The highest BCUT2D eigenvalue weighted by molar-refractivity contribution is 5.80. The van der Waals surface area contributed by atoms with E-state index in [0.717, 1.165) is 6.08 Å². The van der Waals surface area contributed by atoms with Gasteiger partial charge < -0.3 is 9.57 Å². The Hall–Kier alpha value is -0.870. The molecule has 0 aromatic rings. The third kappa shape index (κ3) is 7.02. The standard InChI is InChI=1S/C7H13NO3/c1-3-7(9)11-8-5-6-10-4-2/h3,8H,1,4-6H2,2H3. The van der Waals surface area contributed by atoms with Crippen LogP contribution in [0.25, 0.3) is 0 Å². The van der Waals surface area contributed by atoms with Gasteiger partial charge in [0.15, 0.2) is 0 Å². The molecule has 0 aromatic heterocycles. The van der Waals surface area contributed by atoms with Crippen LogP contribution >= 0.6 is 0 Å². The fraction of sp³-hybridized carbons (Fsp3) is 0.571. The molecule has 0 saturated heterocycles. The fourth-order valence-electron chi connectivity index (χ4n) is 0.422. The van der Waals surface area contributed by atoms with E-state index in [1.54, 1.807) is 0 Å². The number of nitrogens with one attached hydrogen (secondary N) is 1. The molecule has 0 saturated carbocycles. The molecule has 0 unspecified atom stereocenters. The van der Waals surface area contributed by atoms with Crippen LogP contribution in [0, 0.1) is 0 Å². The van der Waals surface area contributed by atoms with E-state index in [1.165, 1.54) is 0 Å². The molecule has 0 heterocycles. The molecule has 0 fully saturated rings. The lowest BCUT2D eigenvalue weighted by molar-refractivity contribution is -0.145. The van der Waals surface area contributed by atoms with Gasteiger partial charge in [0.05, 0.1) is 13.2 Å². The van der Waals surface area contributed by atoms with E-state index < -0.39 is 5.97 Å². The highest BCUT2D eigenvalue weighted by Crippen LogP contribution is 1.74. The zero-order chi connectivity index (χ0) is 8.53. The van der Waals surface area contributed by atoms with Gasteiger partial charge in [-0.15, -0.1) is 0 Å². The maximum absolute atomic E-state index is 10.4. The zero-order valence-electron chi connectivity index (χ0n) is 6.63. The number of ether oxygens (including phenoxy) is 1.